The third-order valence-corrected chi connectivity index (χ3v) is 2.27. The number of methoxy groups -OCH3 is 1. The predicted molar refractivity (Wildman–Crippen MR) is 70.8 cm³/mol. The fourth-order valence-corrected chi connectivity index (χ4v) is 1.40. The van der Waals surface area contributed by atoms with Crippen LogP contribution in [0.4, 0.5) is 11.5 Å². The SMILES string of the molecule is CCCOc1nc(NC(CO)COC)ccc1N. The molecule has 0 fully saturated rings. The smallest absolute Gasteiger partial charge is 0.239 e. The molecule has 1 heterocycles. The van der Waals surface area contributed by atoms with Crippen LogP contribution in [0.3, 0.4) is 0 Å². The zero-order valence-electron chi connectivity index (χ0n) is 10.8. The van der Waals surface area contributed by atoms with Gasteiger partial charge in [0.1, 0.15) is 5.82 Å². The van der Waals surface area contributed by atoms with Crippen molar-refractivity contribution < 1.29 is 14.6 Å². The molecule has 0 amide bonds. The van der Waals surface area contributed by atoms with Crippen LogP contribution in [0, 0.1) is 0 Å². The summed E-state index contributed by atoms with van der Waals surface area (Å²) < 4.78 is 10.4. The summed E-state index contributed by atoms with van der Waals surface area (Å²) in [5.41, 5.74) is 6.26. The summed E-state index contributed by atoms with van der Waals surface area (Å²) in [6.45, 7) is 2.94. The van der Waals surface area contributed by atoms with Gasteiger partial charge in [-0.25, -0.2) is 0 Å². The Morgan fingerprint density at radius 2 is 2.28 bits per heavy atom. The van der Waals surface area contributed by atoms with Gasteiger partial charge in [-0.15, -0.1) is 0 Å². The van der Waals surface area contributed by atoms with Crippen molar-refractivity contribution in [1.82, 2.24) is 4.98 Å². The van der Waals surface area contributed by atoms with Crippen molar-refractivity contribution in [3.05, 3.63) is 12.1 Å². The normalized spacial score (nSPS) is 12.2. The first-order chi connectivity index (χ1) is 8.71. The molecule has 1 rings (SSSR count). The van der Waals surface area contributed by atoms with Crippen molar-refractivity contribution >= 4 is 11.5 Å². The van der Waals surface area contributed by atoms with Crippen molar-refractivity contribution in [1.29, 1.82) is 0 Å². The summed E-state index contributed by atoms with van der Waals surface area (Å²) in [7, 11) is 1.58. The van der Waals surface area contributed by atoms with E-state index in [1.54, 1.807) is 19.2 Å². The molecule has 0 saturated heterocycles. The van der Waals surface area contributed by atoms with Gasteiger partial charge in [-0.2, -0.15) is 4.98 Å². The number of nitrogens with zero attached hydrogens (tertiary/aromatic N) is 1. The fourth-order valence-electron chi connectivity index (χ4n) is 1.40. The Kier molecular flexibility index (Phi) is 6.24. The average molecular weight is 255 g/mol. The first-order valence-electron chi connectivity index (χ1n) is 5.96. The van der Waals surface area contributed by atoms with Gasteiger partial charge >= 0.3 is 0 Å². The van der Waals surface area contributed by atoms with E-state index in [0.717, 1.165) is 6.42 Å². The Labute approximate surface area is 107 Å². The third-order valence-electron chi connectivity index (χ3n) is 2.27. The molecule has 4 N–H and O–H groups in total. The second kappa shape index (κ2) is 7.73. The maximum absolute atomic E-state index is 9.16. The molecule has 102 valence electrons. The number of rotatable bonds is 8. The van der Waals surface area contributed by atoms with Crippen molar-refractivity contribution in [2.45, 2.75) is 19.4 Å². The number of ether oxygens (including phenoxy) is 2. The van der Waals surface area contributed by atoms with Gasteiger partial charge in [0.25, 0.3) is 0 Å². The van der Waals surface area contributed by atoms with Crippen LogP contribution in [0.25, 0.3) is 0 Å². The van der Waals surface area contributed by atoms with E-state index in [9.17, 15) is 0 Å². The lowest BCUT2D eigenvalue weighted by Crippen LogP contribution is -2.29. The van der Waals surface area contributed by atoms with E-state index in [1.165, 1.54) is 0 Å². The average Bonchev–Trinajstić information content (AvgIpc) is 2.38. The number of hydrogen-bond acceptors (Lipinski definition) is 6. The van der Waals surface area contributed by atoms with Crippen LogP contribution in [0.2, 0.25) is 0 Å². The minimum Gasteiger partial charge on any atom is -0.476 e. The summed E-state index contributed by atoms with van der Waals surface area (Å²) in [4.78, 5) is 4.25. The first kappa shape index (κ1) is 14.5. The number of nitrogen functional groups attached to an aromatic ring is 1. The van der Waals surface area contributed by atoms with Crippen LogP contribution in [0.1, 0.15) is 13.3 Å². The molecule has 1 atom stereocenters. The molecule has 6 nitrogen and oxygen atoms in total. The molecule has 0 aliphatic rings. The van der Waals surface area contributed by atoms with Gasteiger partial charge in [0.05, 0.1) is 31.5 Å². The van der Waals surface area contributed by atoms with Crippen LogP contribution >= 0.6 is 0 Å². The number of hydrogen-bond donors (Lipinski definition) is 3. The molecular weight excluding hydrogens is 234 g/mol. The van der Waals surface area contributed by atoms with Crippen molar-refractivity contribution in [2.24, 2.45) is 0 Å². The number of aromatic nitrogens is 1. The minimum atomic E-state index is -0.204. The molecule has 0 spiro atoms. The Morgan fingerprint density at radius 1 is 1.50 bits per heavy atom. The highest BCUT2D eigenvalue weighted by Crippen LogP contribution is 2.21. The van der Waals surface area contributed by atoms with Gasteiger partial charge in [-0.1, -0.05) is 6.92 Å². The van der Waals surface area contributed by atoms with Gasteiger partial charge in [-0.3, -0.25) is 0 Å². The van der Waals surface area contributed by atoms with Crippen LogP contribution in [-0.2, 0) is 4.74 Å². The molecule has 1 aromatic heterocycles. The molecule has 0 saturated carbocycles. The minimum absolute atomic E-state index is 0.0367. The lowest BCUT2D eigenvalue weighted by molar-refractivity contribution is 0.153. The Hall–Kier alpha value is -1.53. The van der Waals surface area contributed by atoms with Gasteiger partial charge in [-0.05, 0) is 18.6 Å². The van der Waals surface area contributed by atoms with Crippen molar-refractivity contribution in [2.75, 3.05) is 38.0 Å². The fraction of sp³-hybridized carbons (Fsp3) is 0.583. The monoisotopic (exact) mass is 255 g/mol. The molecule has 1 unspecified atom stereocenters. The number of nitrogens with two attached hydrogens (primary N) is 1. The maximum atomic E-state index is 9.16. The lowest BCUT2D eigenvalue weighted by atomic mass is 10.3. The van der Waals surface area contributed by atoms with E-state index in [4.69, 9.17) is 20.3 Å². The van der Waals surface area contributed by atoms with Crippen molar-refractivity contribution in [3.63, 3.8) is 0 Å². The molecule has 0 aromatic carbocycles. The van der Waals surface area contributed by atoms with E-state index >= 15 is 0 Å². The zero-order valence-corrected chi connectivity index (χ0v) is 10.8. The van der Waals surface area contributed by atoms with Gasteiger partial charge in [0.2, 0.25) is 5.88 Å². The van der Waals surface area contributed by atoms with E-state index < -0.39 is 0 Å². The Bertz CT molecular complexity index is 360. The number of pyridine rings is 1. The Balaban J connectivity index is 2.70. The third kappa shape index (κ3) is 4.38. The van der Waals surface area contributed by atoms with E-state index in [1.807, 2.05) is 6.92 Å². The number of anilines is 2. The number of aliphatic hydroxyl groups excluding tert-OH is 1. The predicted octanol–water partition coefficient (Wildman–Crippen LogP) is 0.872. The second-order valence-corrected chi connectivity index (χ2v) is 3.92. The Morgan fingerprint density at radius 3 is 2.89 bits per heavy atom. The summed E-state index contributed by atoms with van der Waals surface area (Å²) in [5, 5.41) is 12.2. The highest BCUT2D eigenvalue weighted by molar-refractivity contribution is 5.53. The van der Waals surface area contributed by atoms with Crippen LogP contribution < -0.4 is 15.8 Å². The van der Waals surface area contributed by atoms with E-state index in [0.29, 0.717) is 30.6 Å². The van der Waals surface area contributed by atoms with Crippen molar-refractivity contribution in [3.8, 4) is 5.88 Å². The second-order valence-electron chi connectivity index (χ2n) is 3.92. The van der Waals surface area contributed by atoms with Crippen LogP contribution in [-0.4, -0.2) is 43.1 Å². The van der Waals surface area contributed by atoms with Crippen LogP contribution in [0.5, 0.6) is 5.88 Å². The molecule has 18 heavy (non-hydrogen) atoms. The largest absolute Gasteiger partial charge is 0.476 e. The highest BCUT2D eigenvalue weighted by atomic mass is 16.5. The number of nitrogens with one attached hydrogen (secondary N) is 1. The molecule has 0 aliphatic carbocycles. The van der Waals surface area contributed by atoms with Gasteiger partial charge in [0.15, 0.2) is 0 Å². The molecule has 0 aliphatic heterocycles. The lowest BCUT2D eigenvalue weighted by Gasteiger charge is -2.16. The quantitative estimate of drug-likeness (QED) is 0.638. The highest BCUT2D eigenvalue weighted by Gasteiger charge is 2.09. The number of aliphatic hydroxyl groups is 1. The molecule has 0 radical (unpaired) electrons. The molecule has 1 aromatic rings. The van der Waals surface area contributed by atoms with Gasteiger partial charge in [0, 0.05) is 7.11 Å². The summed E-state index contributed by atoms with van der Waals surface area (Å²) in [6, 6.07) is 3.26. The van der Waals surface area contributed by atoms with E-state index in [-0.39, 0.29) is 12.6 Å². The summed E-state index contributed by atoms with van der Waals surface area (Å²) in [5.74, 6) is 1.02. The molecular formula is C12H21N3O3. The molecule has 6 heteroatoms. The summed E-state index contributed by atoms with van der Waals surface area (Å²) >= 11 is 0. The van der Waals surface area contributed by atoms with Crippen LogP contribution in [0.15, 0.2) is 12.1 Å². The first-order valence-corrected chi connectivity index (χ1v) is 5.96. The molecule has 0 bridgehead atoms. The topological polar surface area (TPSA) is 89.6 Å². The maximum Gasteiger partial charge on any atom is 0.239 e. The standard InChI is InChI=1S/C12H21N3O3/c1-3-6-18-12-10(13)4-5-11(15-12)14-9(7-16)8-17-2/h4-5,9,16H,3,6-8,13H2,1-2H3,(H,14,15). The zero-order chi connectivity index (χ0) is 13.4. The van der Waals surface area contributed by atoms with Gasteiger partial charge < -0.3 is 25.6 Å². The van der Waals surface area contributed by atoms with E-state index in [2.05, 4.69) is 10.3 Å². The summed E-state index contributed by atoms with van der Waals surface area (Å²) in [6.07, 6.45) is 0.891.